The highest BCUT2D eigenvalue weighted by Crippen LogP contribution is 2.35. The van der Waals surface area contributed by atoms with Crippen molar-refractivity contribution in [3.8, 4) is 16.9 Å². The predicted molar refractivity (Wildman–Crippen MR) is 91.7 cm³/mol. The van der Waals surface area contributed by atoms with Gasteiger partial charge in [0.05, 0.1) is 5.69 Å². The monoisotopic (exact) mass is 293 g/mol. The fraction of sp³-hybridized carbons (Fsp3) is 0.400. The normalized spacial score (nSPS) is 18.2. The lowest BCUT2D eigenvalue weighted by atomic mass is 9.84. The van der Waals surface area contributed by atoms with Crippen LogP contribution in [-0.2, 0) is 0 Å². The third-order valence-electron chi connectivity index (χ3n) is 4.98. The van der Waals surface area contributed by atoms with Gasteiger partial charge in [0.2, 0.25) is 0 Å². The van der Waals surface area contributed by atoms with Crippen molar-refractivity contribution in [1.82, 2.24) is 0 Å². The van der Waals surface area contributed by atoms with Gasteiger partial charge < -0.3 is 10.1 Å². The third-order valence-corrected chi connectivity index (χ3v) is 4.98. The highest BCUT2D eigenvalue weighted by molar-refractivity contribution is 5.72. The highest BCUT2D eigenvalue weighted by atomic mass is 16.5. The second-order valence-corrected chi connectivity index (χ2v) is 6.44. The fourth-order valence-electron chi connectivity index (χ4n) is 3.70. The minimum atomic E-state index is 0.752. The number of rotatable bonds is 2. The van der Waals surface area contributed by atoms with E-state index < -0.39 is 0 Å². The molecule has 2 aromatic carbocycles. The molecule has 0 unspecified atom stereocenters. The molecule has 114 valence electrons. The maximum atomic E-state index is 5.65. The number of fused-ring (bicyclic) bond motifs is 1. The van der Waals surface area contributed by atoms with Crippen LogP contribution >= 0.6 is 0 Å². The van der Waals surface area contributed by atoms with E-state index >= 15 is 0 Å². The summed E-state index contributed by atoms with van der Waals surface area (Å²) >= 11 is 0. The van der Waals surface area contributed by atoms with Crippen LogP contribution in [0.2, 0.25) is 0 Å². The highest BCUT2D eigenvalue weighted by Gasteiger charge is 2.15. The minimum absolute atomic E-state index is 0.752. The van der Waals surface area contributed by atoms with Crippen molar-refractivity contribution < 1.29 is 4.74 Å². The van der Waals surface area contributed by atoms with Crippen molar-refractivity contribution in [1.29, 1.82) is 0 Å². The van der Waals surface area contributed by atoms with Gasteiger partial charge in [0.1, 0.15) is 12.4 Å². The van der Waals surface area contributed by atoms with Crippen molar-refractivity contribution in [3.63, 3.8) is 0 Å². The maximum Gasteiger partial charge on any atom is 0.142 e. The molecule has 2 heteroatoms. The van der Waals surface area contributed by atoms with Crippen LogP contribution in [0, 0.1) is 0 Å². The van der Waals surface area contributed by atoms with Gasteiger partial charge in [-0.25, -0.2) is 0 Å². The van der Waals surface area contributed by atoms with E-state index in [0.29, 0.717) is 0 Å². The second kappa shape index (κ2) is 6.04. The van der Waals surface area contributed by atoms with Gasteiger partial charge in [-0.2, -0.15) is 0 Å². The Morgan fingerprint density at radius 1 is 0.864 bits per heavy atom. The van der Waals surface area contributed by atoms with Crippen LogP contribution in [-0.4, -0.2) is 13.2 Å². The molecule has 1 aliphatic heterocycles. The summed E-state index contributed by atoms with van der Waals surface area (Å²) < 4.78 is 5.65. The van der Waals surface area contributed by atoms with E-state index in [-0.39, 0.29) is 0 Å². The summed E-state index contributed by atoms with van der Waals surface area (Å²) in [7, 11) is 0. The quantitative estimate of drug-likeness (QED) is 0.821. The van der Waals surface area contributed by atoms with Gasteiger partial charge in [0, 0.05) is 6.54 Å². The Labute approximate surface area is 132 Å². The molecule has 0 amide bonds. The molecule has 1 fully saturated rings. The van der Waals surface area contributed by atoms with Gasteiger partial charge in [-0.3, -0.25) is 0 Å². The van der Waals surface area contributed by atoms with Crippen LogP contribution in [0.3, 0.4) is 0 Å². The third kappa shape index (κ3) is 2.70. The van der Waals surface area contributed by atoms with Gasteiger partial charge in [-0.15, -0.1) is 0 Å². The zero-order chi connectivity index (χ0) is 14.8. The van der Waals surface area contributed by atoms with Crippen molar-refractivity contribution >= 4 is 5.69 Å². The smallest absolute Gasteiger partial charge is 0.142 e. The van der Waals surface area contributed by atoms with Crippen LogP contribution < -0.4 is 10.1 Å². The zero-order valence-corrected chi connectivity index (χ0v) is 13.0. The first kappa shape index (κ1) is 13.7. The van der Waals surface area contributed by atoms with Crippen LogP contribution in [0.5, 0.6) is 5.75 Å². The Hall–Kier alpha value is -1.96. The van der Waals surface area contributed by atoms with Crippen LogP contribution in [0.1, 0.15) is 43.6 Å². The van der Waals surface area contributed by atoms with Crippen molar-refractivity contribution in [2.45, 2.75) is 38.0 Å². The first-order chi connectivity index (χ1) is 10.9. The molecule has 4 rings (SSSR count). The summed E-state index contributed by atoms with van der Waals surface area (Å²) in [5, 5.41) is 3.41. The second-order valence-electron chi connectivity index (χ2n) is 6.44. The summed E-state index contributed by atoms with van der Waals surface area (Å²) in [6.07, 6.45) is 6.92. The van der Waals surface area contributed by atoms with Crippen molar-refractivity contribution in [2.75, 3.05) is 18.5 Å². The van der Waals surface area contributed by atoms with E-state index in [1.807, 2.05) is 0 Å². The molecule has 0 saturated heterocycles. The van der Waals surface area contributed by atoms with Gasteiger partial charge >= 0.3 is 0 Å². The van der Waals surface area contributed by atoms with Gasteiger partial charge in [0.15, 0.2) is 0 Å². The Kier molecular flexibility index (Phi) is 3.75. The summed E-state index contributed by atoms with van der Waals surface area (Å²) in [6, 6.07) is 15.6. The number of ether oxygens (including phenoxy) is 1. The molecule has 2 nitrogen and oxygen atoms in total. The first-order valence-corrected chi connectivity index (χ1v) is 8.51. The molecule has 2 aliphatic rings. The lowest BCUT2D eigenvalue weighted by molar-refractivity contribution is 0.323. The molecule has 0 atom stereocenters. The SMILES string of the molecule is c1cc(C2CCCCC2)ccc1-c1ccc2c(c1)NCCO2. The summed E-state index contributed by atoms with van der Waals surface area (Å²) in [6.45, 7) is 1.64. The van der Waals surface area contributed by atoms with E-state index in [0.717, 1.165) is 30.5 Å². The molecule has 1 saturated carbocycles. The number of hydrogen-bond acceptors (Lipinski definition) is 2. The fourth-order valence-corrected chi connectivity index (χ4v) is 3.70. The molecule has 0 aromatic heterocycles. The van der Waals surface area contributed by atoms with E-state index in [1.54, 1.807) is 0 Å². The van der Waals surface area contributed by atoms with Crippen LogP contribution in [0.4, 0.5) is 5.69 Å². The largest absolute Gasteiger partial charge is 0.490 e. The molecule has 22 heavy (non-hydrogen) atoms. The molecular weight excluding hydrogens is 270 g/mol. The van der Waals surface area contributed by atoms with E-state index in [1.165, 1.54) is 48.8 Å². The predicted octanol–water partition coefficient (Wildman–Crippen LogP) is 5.21. The molecule has 0 spiro atoms. The van der Waals surface area contributed by atoms with Crippen LogP contribution in [0.25, 0.3) is 11.1 Å². The lowest BCUT2D eigenvalue weighted by Crippen LogP contribution is -2.17. The number of hydrogen-bond donors (Lipinski definition) is 1. The Morgan fingerprint density at radius 2 is 1.64 bits per heavy atom. The molecule has 1 aliphatic carbocycles. The Balaban J connectivity index is 1.57. The number of nitrogens with one attached hydrogen (secondary N) is 1. The van der Waals surface area contributed by atoms with Gasteiger partial charge in [-0.1, -0.05) is 49.6 Å². The van der Waals surface area contributed by atoms with Crippen molar-refractivity contribution in [2.24, 2.45) is 0 Å². The molecular formula is C20H23NO. The average Bonchev–Trinajstić information content (AvgIpc) is 2.62. The lowest BCUT2D eigenvalue weighted by Gasteiger charge is -2.22. The van der Waals surface area contributed by atoms with Crippen molar-refractivity contribution in [3.05, 3.63) is 48.0 Å². The van der Waals surface area contributed by atoms with Gasteiger partial charge in [-0.05, 0) is 47.6 Å². The summed E-state index contributed by atoms with van der Waals surface area (Å²) in [5.74, 6) is 1.75. The molecule has 1 heterocycles. The zero-order valence-electron chi connectivity index (χ0n) is 13.0. The maximum absolute atomic E-state index is 5.65. The van der Waals surface area contributed by atoms with Gasteiger partial charge in [0.25, 0.3) is 0 Å². The number of anilines is 1. The van der Waals surface area contributed by atoms with E-state index in [2.05, 4.69) is 47.8 Å². The number of benzene rings is 2. The molecule has 2 aromatic rings. The van der Waals surface area contributed by atoms with E-state index in [9.17, 15) is 0 Å². The summed E-state index contributed by atoms with van der Waals surface area (Å²) in [4.78, 5) is 0. The average molecular weight is 293 g/mol. The molecule has 0 radical (unpaired) electrons. The minimum Gasteiger partial charge on any atom is -0.490 e. The Morgan fingerprint density at radius 3 is 2.45 bits per heavy atom. The molecule has 1 N–H and O–H groups in total. The standard InChI is InChI=1S/C20H23NO/c1-2-4-15(5-3-1)16-6-8-17(9-7-16)18-10-11-20-19(14-18)21-12-13-22-20/h6-11,14-15,21H,1-5,12-13H2. The summed E-state index contributed by atoms with van der Waals surface area (Å²) in [5.41, 5.74) is 5.17. The first-order valence-electron chi connectivity index (χ1n) is 8.51. The topological polar surface area (TPSA) is 21.3 Å². The van der Waals surface area contributed by atoms with E-state index in [4.69, 9.17) is 4.74 Å². The Bertz CT molecular complexity index is 641. The molecule has 0 bridgehead atoms. The van der Waals surface area contributed by atoms with Crippen LogP contribution in [0.15, 0.2) is 42.5 Å².